The van der Waals surface area contributed by atoms with Crippen LogP contribution in [0.25, 0.3) is 11.0 Å². The molecule has 0 amide bonds. The van der Waals surface area contributed by atoms with E-state index >= 15 is 0 Å². The van der Waals surface area contributed by atoms with Crippen molar-refractivity contribution in [3.8, 4) is 0 Å². The fourth-order valence-electron chi connectivity index (χ4n) is 3.93. The first-order valence-electron chi connectivity index (χ1n) is 9.81. The molecule has 0 bridgehead atoms. The van der Waals surface area contributed by atoms with Crippen molar-refractivity contribution in [1.82, 2.24) is 13.4 Å². The highest BCUT2D eigenvalue weighted by Crippen LogP contribution is 2.27. The lowest BCUT2D eigenvalue weighted by molar-refractivity contribution is 0.477. The summed E-state index contributed by atoms with van der Waals surface area (Å²) >= 11 is 0. The van der Waals surface area contributed by atoms with Crippen LogP contribution in [0, 0.1) is 6.92 Å². The predicted molar refractivity (Wildman–Crippen MR) is 118 cm³/mol. The number of imidazole rings is 1. The fraction of sp³-hybridized carbons (Fsp3) is 0.350. The van der Waals surface area contributed by atoms with Gasteiger partial charge in [-0.05, 0) is 55.7 Å². The molecule has 2 heterocycles. The third-order valence-corrected chi connectivity index (χ3v) is 9.07. The Kier molecular flexibility index (Phi) is 5.23. The Morgan fingerprint density at radius 2 is 1.52 bits per heavy atom. The SMILES string of the molecule is Cc1cc2c(cc1S(=O)(=O)Nc1cccc(S(=O)(=O)N3CCCC3)c1)n(C)c(=O)n2C. The summed E-state index contributed by atoms with van der Waals surface area (Å²) in [7, 11) is -4.48. The number of fused-ring (bicyclic) bond motifs is 1. The highest BCUT2D eigenvalue weighted by atomic mass is 32.2. The molecule has 0 unspecified atom stereocenters. The topological polar surface area (TPSA) is 110 Å². The van der Waals surface area contributed by atoms with Gasteiger partial charge in [0, 0.05) is 27.2 Å². The quantitative estimate of drug-likeness (QED) is 0.619. The van der Waals surface area contributed by atoms with E-state index in [0.29, 0.717) is 29.7 Å². The summed E-state index contributed by atoms with van der Waals surface area (Å²) in [6.07, 6.45) is 1.63. The van der Waals surface area contributed by atoms with Gasteiger partial charge in [-0.2, -0.15) is 4.31 Å². The van der Waals surface area contributed by atoms with E-state index in [-0.39, 0.29) is 21.2 Å². The maximum atomic E-state index is 13.1. The molecule has 9 nitrogen and oxygen atoms in total. The molecular formula is C20H24N4O5S2. The summed E-state index contributed by atoms with van der Waals surface area (Å²) in [5.41, 5.74) is 1.49. The zero-order chi connectivity index (χ0) is 22.6. The zero-order valence-corrected chi connectivity index (χ0v) is 19.1. The summed E-state index contributed by atoms with van der Waals surface area (Å²) in [6, 6.07) is 8.92. The summed E-state index contributed by atoms with van der Waals surface area (Å²) in [5.74, 6) is 0. The maximum absolute atomic E-state index is 13.1. The van der Waals surface area contributed by atoms with Gasteiger partial charge in [0.2, 0.25) is 10.0 Å². The molecule has 3 aromatic rings. The Hall–Kier alpha value is -2.63. The van der Waals surface area contributed by atoms with Gasteiger partial charge in [0.15, 0.2) is 0 Å². The van der Waals surface area contributed by atoms with Gasteiger partial charge in [0.1, 0.15) is 0 Å². The monoisotopic (exact) mass is 464 g/mol. The molecule has 1 fully saturated rings. The van der Waals surface area contributed by atoms with E-state index in [0.717, 1.165) is 12.8 Å². The lowest BCUT2D eigenvalue weighted by Crippen LogP contribution is -2.28. The van der Waals surface area contributed by atoms with Crippen LogP contribution in [0.2, 0.25) is 0 Å². The Bertz CT molecular complexity index is 1450. The van der Waals surface area contributed by atoms with E-state index in [1.54, 1.807) is 27.1 Å². The second kappa shape index (κ2) is 7.50. The van der Waals surface area contributed by atoms with Gasteiger partial charge in [-0.15, -0.1) is 0 Å². The lowest BCUT2D eigenvalue weighted by atomic mass is 10.2. The smallest absolute Gasteiger partial charge is 0.295 e. The third kappa shape index (κ3) is 3.66. The van der Waals surface area contributed by atoms with Crippen molar-refractivity contribution in [2.45, 2.75) is 29.6 Å². The van der Waals surface area contributed by atoms with Crippen LogP contribution in [0.15, 0.2) is 51.0 Å². The second-order valence-electron chi connectivity index (χ2n) is 7.75. The largest absolute Gasteiger partial charge is 0.328 e. The van der Waals surface area contributed by atoms with Gasteiger partial charge in [-0.1, -0.05) is 6.07 Å². The van der Waals surface area contributed by atoms with Gasteiger partial charge < -0.3 is 0 Å². The minimum absolute atomic E-state index is 0.0222. The van der Waals surface area contributed by atoms with E-state index in [4.69, 9.17) is 0 Å². The number of benzene rings is 2. The number of aryl methyl sites for hydroxylation is 3. The van der Waals surface area contributed by atoms with Crippen LogP contribution >= 0.6 is 0 Å². The minimum atomic E-state index is -4.02. The Morgan fingerprint density at radius 3 is 2.16 bits per heavy atom. The van der Waals surface area contributed by atoms with Crippen molar-refractivity contribution in [2.24, 2.45) is 14.1 Å². The first kappa shape index (κ1) is 21.6. The molecule has 0 atom stereocenters. The highest BCUT2D eigenvalue weighted by molar-refractivity contribution is 7.92. The molecule has 0 spiro atoms. The first-order chi connectivity index (χ1) is 14.5. The van der Waals surface area contributed by atoms with Crippen molar-refractivity contribution in [2.75, 3.05) is 17.8 Å². The van der Waals surface area contributed by atoms with Gasteiger partial charge in [-0.25, -0.2) is 21.6 Å². The second-order valence-corrected chi connectivity index (χ2v) is 11.3. The van der Waals surface area contributed by atoms with Crippen molar-refractivity contribution >= 4 is 36.8 Å². The first-order valence-corrected chi connectivity index (χ1v) is 12.7. The average Bonchev–Trinajstić information content (AvgIpc) is 3.33. The summed E-state index contributed by atoms with van der Waals surface area (Å²) < 4.78 is 58.6. The molecule has 0 radical (unpaired) electrons. The number of nitrogens with one attached hydrogen (secondary N) is 1. The molecule has 1 N–H and O–H groups in total. The zero-order valence-electron chi connectivity index (χ0n) is 17.5. The third-order valence-electron chi connectivity index (χ3n) is 5.65. The number of anilines is 1. The van der Waals surface area contributed by atoms with Crippen LogP contribution in [-0.2, 0) is 34.1 Å². The van der Waals surface area contributed by atoms with Crippen molar-refractivity contribution in [1.29, 1.82) is 0 Å². The summed E-state index contributed by atoms with van der Waals surface area (Å²) in [5, 5.41) is 0. The molecule has 0 saturated carbocycles. The molecule has 4 rings (SSSR count). The molecule has 166 valence electrons. The fourth-order valence-corrected chi connectivity index (χ4v) is 6.79. The van der Waals surface area contributed by atoms with Crippen molar-refractivity contribution < 1.29 is 16.8 Å². The standard InChI is InChI=1S/C20H24N4O5S2/c1-14-11-17-18(23(3)20(25)22(17)2)13-19(14)30(26,27)21-15-7-6-8-16(12-15)31(28,29)24-9-4-5-10-24/h6-8,11-13,21H,4-5,9-10H2,1-3H3. The Morgan fingerprint density at radius 1 is 0.903 bits per heavy atom. The molecule has 1 aliphatic rings. The number of rotatable bonds is 5. The molecule has 1 aromatic heterocycles. The van der Waals surface area contributed by atoms with E-state index in [2.05, 4.69) is 4.72 Å². The number of hydrogen-bond acceptors (Lipinski definition) is 5. The summed E-state index contributed by atoms with van der Waals surface area (Å²) in [4.78, 5) is 12.3. The Labute approximate surface area is 181 Å². The van der Waals surface area contributed by atoms with E-state index < -0.39 is 20.0 Å². The number of aromatic nitrogens is 2. The summed E-state index contributed by atoms with van der Waals surface area (Å²) in [6.45, 7) is 2.58. The van der Waals surface area contributed by atoms with Gasteiger partial charge in [0.25, 0.3) is 10.0 Å². The van der Waals surface area contributed by atoms with Crippen LogP contribution in [0.3, 0.4) is 0 Å². The van der Waals surface area contributed by atoms with Crippen LogP contribution in [0.4, 0.5) is 5.69 Å². The van der Waals surface area contributed by atoms with Crippen LogP contribution in [0.5, 0.6) is 0 Å². The van der Waals surface area contributed by atoms with Gasteiger partial charge in [0.05, 0.1) is 26.5 Å². The molecule has 2 aromatic carbocycles. The number of sulfonamides is 2. The molecule has 1 saturated heterocycles. The Balaban J connectivity index is 1.72. The molecular weight excluding hydrogens is 440 g/mol. The highest BCUT2D eigenvalue weighted by Gasteiger charge is 2.28. The van der Waals surface area contributed by atoms with E-state index in [9.17, 15) is 21.6 Å². The number of nitrogens with zero attached hydrogens (tertiary/aromatic N) is 3. The molecule has 31 heavy (non-hydrogen) atoms. The normalized spacial score (nSPS) is 15.6. The van der Waals surface area contributed by atoms with E-state index in [1.165, 1.54) is 43.8 Å². The molecule has 0 aliphatic carbocycles. The number of hydrogen-bond donors (Lipinski definition) is 1. The van der Waals surface area contributed by atoms with Crippen LogP contribution in [-0.4, -0.2) is 43.4 Å². The predicted octanol–water partition coefficient (Wildman–Crippen LogP) is 1.77. The molecule has 11 heteroatoms. The van der Waals surface area contributed by atoms with E-state index in [1.807, 2.05) is 0 Å². The van der Waals surface area contributed by atoms with Gasteiger partial charge >= 0.3 is 5.69 Å². The average molecular weight is 465 g/mol. The van der Waals surface area contributed by atoms with Gasteiger partial charge in [-0.3, -0.25) is 13.9 Å². The maximum Gasteiger partial charge on any atom is 0.328 e. The molecule has 1 aliphatic heterocycles. The minimum Gasteiger partial charge on any atom is -0.295 e. The van der Waals surface area contributed by atoms with Crippen LogP contribution < -0.4 is 10.4 Å². The van der Waals surface area contributed by atoms with Crippen LogP contribution in [0.1, 0.15) is 18.4 Å². The van der Waals surface area contributed by atoms with Crippen molar-refractivity contribution in [3.05, 3.63) is 52.4 Å². The lowest BCUT2D eigenvalue weighted by Gasteiger charge is -2.16. The van der Waals surface area contributed by atoms with Crippen molar-refractivity contribution in [3.63, 3.8) is 0 Å².